The SMILES string of the molecule is Cc1ccc(CCCOc2c(C)cc(-c3noc(C)n3)cc2C)nn1. The van der Waals surface area contributed by atoms with Crippen molar-refractivity contribution in [3.63, 3.8) is 0 Å². The molecule has 2 aromatic heterocycles. The second kappa shape index (κ2) is 7.42. The monoisotopic (exact) mass is 338 g/mol. The standard InChI is InChI=1S/C19H22N4O2/c1-12-10-16(19-20-15(4)25-23-19)11-13(2)18(12)24-9-5-6-17-8-7-14(3)21-22-17/h7-8,10-11H,5-6,9H2,1-4H3. The third-order valence-electron chi connectivity index (χ3n) is 3.92. The first-order valence-electron chi connectivity index (χ1n) is 8.37. The smallest absolute Gasteiger partial charge is 0.223 e. The molecule has 0 saturated heterocycles. The minimum absolute atomic E-state index is 0.560. The molecule has 0 radical (unpaired) electrons. The molecule has 6 nitrogen and oxygen atoms in total. The van der Waals surface area contributed by atoms with E-state index >= 15 is 0 Å². The Balaban J connectivity index is 1.61. The fourth-order valence-electron chi connectivity index (χ4n) is 2.71. The molecule has 3 rings (SSSR count). The van der Waals surface area contributed by atoms with Gasteiger partial charge in [0.2, 0.25) is 11.7 Å². The lowest BCUT2D eigenvalue weighted by molar-refractivity contribution is 0.306. The van der Waals surface area contributed by atoms with E-state index in [1.165, 1.54) is 0 Å². The van der Waals surface area contributed by atoms with Crippen LogP contribution in [0.25, 0.3) is 11.4 Å². The molecule has 0 aliphatic rings. The second-order valence-corrected chi connectivity index (χ2v) is 6.19. The summed E-state index contributed by atoms with van der Waals surface area (Å²) in [5, 5.41) is 12.2. The first-order chi connectivity index (χ1) is 12.0. The summed E-state index contributed by atoms with van der Waals surface area (Å²) in [6.07, 6.45) is 1.74. The Labute approximate surface area is 147 Å². The zero-order chi connectivity index (χ0) is 17.8. The molecule has 1 aromatic carbocycles. The molecule has 6 heteroatoms. The molecule has 0 saturated carbocycles. The molecule has 3 aromatic rings. The zero-order valence-corrected chi connectivity index (χ0v) is 15.0. The van der Waals surface area contributed by atoms with Gasteiger partial charge in [-0.1, -0.05) is 5.16 Å². The van der Waals surface area contributed by atoms with E-state index in [1.54, 1.807) is 6.92 Å². The van der Waals surface area contributed by atoms with Gasteiger partial charge >= 0.3 is 0 Å². The number of hydrogen-bond acceptors (Lipinski definition) is 6. The van der Waals surface area contributed by atoms with Crippen LogP contribution in [0.1, 0.15) is 34.8 Å². The van der Waals surface area contributed by atoms with Crippen molar-refractivity contribution in [1.29, 1.82) is 0 Å². The summed E-state index contributed by atoms with van der Waals surface area (Å²) in [5.41, 5.74) is 4.99. The number of rotatable bonds is 6. The van der Waals surface area contributed by atoms with E-state index in [9.17, 15) is 0 Å². The van der Waals surface area contributed by atoms with Crippen LogP contribution in [0.4, 0.5) is 0 Å². The van der Waals surface area contributed by atoms with Crippen molar-refractivity contribution in [2.24, 2.45) is 0 Å². The molecule has 0 bridgehead atoms. The van der Waals surface area contributed by atoms with Gasteiger partial charge in [-0.3, -0.25) is 0 Å². The predicted molar refractivity (Wildman–Crippen MR) is 94.5 cm³/mol. The van der Waals surface area contributed by atoms with Gasteiger partial charge in [0, 0.05) is 12.5 Å². The van der Waals surface area contributed by atoms with Crippen LogP contribution in [0.15, 0.2) is 28.8 Å². The van der Waals surface area contributed by atoms with Crippen LogP contribution in [0.5, 0.6) is 5.75 Å². The number of ether oxygens (including phenoxy) is 1. The van der Waals surface area contributed by atoms with Crippen molar-refractivity contribution in [2.75, 3.05) is 6.61 Å². The maximum Gasteiger partial charge on any atom is 0.223 e. The fourth-order valence-corrected chi connectivity index (χ4v) is 2.71. The van der Waals surface area contributed by atoms with Gasteiger partial charge in [0.15, 0.2) is 0 Å². The van der Waals surface area contributed by atoms with Crippen molar-refractivity contribution in [3.8, 4) is 17.1 Å². The molecule has 130 valence electrons. The van der Waals surface area contributed by atoms with Crippen LogP contribution in [0, 0.1) is 27.7 Å². The first kappa shape index (κ1) is 17.1. The topological polar surface area (TPSA) is 73.9 Å². The highest BCUT2D eigenvalue weighted by Crippen LogP contribution is 2.29. The van der Waals surface area contributed by atoms with Crippen molar-refractivity contribution in [1.82, 2.24) is 20.3 Å². The summed E-state index contributed by atoms with van der Waals surface area (Å²) in [4.78, 5) is 4.28. The van der Waals surface area contributed by atoms with E-state index in [4.69, 9.17) is 9.26 Å². The van der Waals surface area contributed by atoms with Gasteiger partial charge in [-0.15, -0.1) is 0 Å². The minimum Gasteiger partial charge on any atom is -0.493 e. The molecular weight excluding hydrogens is 316 g/mol. The number of benzene rings is 1. The Bertz CT molecular complexity index is 833. The molecule has 25 heavy (non-hydrogen) atoms. The molecule has 0 amide bonds. The zero-order valence-electron chi connectivity index (χ0n) is 15.0. The highest BCUT2D eigenvalue weighted by Gasteiger charge is 2.11. The number of nitrogens with zero attached hydrogens (tertiary/aromatic N) is 4. The lowest BCUT2D eigenvalue weighted by atomic mass is 10.1. The summed E-state index contributed by atoms with van der Waals surface area (Å²) >= 11 is 0. The van der Waals surface area contributed by atoms with E-state index in [0.29, 0.717) is 18.3 Å². The van der Waals surface area contributed by atoms with Crippen LogP contribution in [-0.2, 0) is 6.42 Å². The summed E-state index contributed by atoms with van der Waals surface area (Å²) in [5.74, 6) is 2.08. The van der Waals surface area contributed by atoms with Crippen LogP contribution in [-0.4, -0.2) is 26.9 Å². The molecule has 0 unspecified atom stereocenters. The molecule has 0 atom stereocenters. The molecular formula is C19H22N4O2. The van der Waals surface area contributed by atoms with Gasteiger partial charge in [0.1, 0.15) is 5.75 Å². The quantitative estimate of drug-likeness (QED) is 0.637. The average Bonchev–Trinajstić information content (AvgIpc) is 3.01. The lowest BCUT2D eigenvalue weighted by Crippen LogP contribution is -2.04. The van der Waals surface area contributed by atoms with Crippen LogP contribution in [0.3, 0.4) is 0 Å². The highest BCUT2D eigenvalue weighted by atomic mass is 16.5. The van der Waals surface area contributed by atoms with E-state index in [0.717, 1.165) is 46.7 Å². The van der Waals surface area contributed by atoms with E-state index in [-0.39, 0.29) is 0 Å². The van der Waals surface area contributed by atoms with E-state index in [2.05, 4.69) is 20.3 Å². The third kappa shape index (κ3) is 4.21. The highest BCUT2D eigenvalue weighted by molar-refractivity contribution is 5.60. The maximum absolute atomic E-state index is 6.00. The van der Waals surface area contributed by atoms with Crippen molar-refractivity contribution in [2.45, 2.75) is 40.5 Å². The molecule has 0 N–H and O–H groups in total. The minimum atomic E-state index is 0.560. The molecule has 2 heterocycles. The largest absolute Gasteiger partial charge is 0.493 e. The van der Waals surface area contributed by atoms with E-state index < -0.39 is 0 Å². The Morgan fingerprint density at radius 2 is 1.76 bits per heavy atom. The van der Waals surface area contributed by atoms with Crippen molar-refractivity contribution < 1.29 is 9.26 Å². The number of hydrogen-bond donors (Lipinski definition) is 0. The van der Waals surface area contributed by atoms with Crippen LogP contribution in [0.2, 0.25) is 0 Å². The summed E-state index contributed by atoms with van der Waals surface area (Å²) in [7, 11) is 0. The lowest BCUT2D eigenvalue weighted by Gasteiger charge is -2.13. The molecule has 0 aliphatic heterocycles. The summed E-state index contributed by atoms with van der Waals surface area (Å²) < 4.78 is 11.1. The Morgan fingerprint density at radius 1 is 1.00 bits per heavy atom. The Kier molecular flexibility index (Phi) is 5.07. The van der Waals surface area contributed by atoms with Crippen LogP contribution < -0.4 is 4.74 Å². The van der Waals surface area contributed by atoms with E-state index in [1.807, 2.05) is 45.0 Å². The molecule has 0 aliphatic carbocycles. The molecule has 0 spiro atoms. The number of aromatic nitrogens is 4. The first-order valence-corrected chi connectivity index (χ1v) is 8.37. The van der Waals surface area contributed by atoms with Gasteiger partial charge in [0.25, 0.3) is 0 Å². The number of aryl methyl sites for hydroxylation is 5. The van der Waals surface area contributed by atoms with Crippen molar-refractivity contribution in [3.05, 3.63) is 52.7 Å². The molecule has 0 fully saturated rings. The normalized spacial score (nSPS) is 10.9. The fraction of sp³-hybridized carbons (Fsp3) is 0.368. The van der Waals surface area contributed by atoms with Gasteiger partial charge < -0.3 is 9.26 Å². The summed E-state index contributed by atoms with van der Waals surface area (Å²) in [6, 6.07) is 8.05. The Hall–Kier alpha value is -2.76. The maximum atomic E-state index is 6.00. The van der Waals surface area contributed by atoms with Gasteiger partial charge in [0.05, 0.1) is 18.0 Å². The average molecular weight is 338 g/mol. The van der Waals surface area contributed by atoms with Gasteiger partial charge in [-0.25, -0.2) is 0 Å². The van der Waals surface area contributed by atoms with Crippen molar-refractivity contribution >= 4 is 0 Å². The van der Waals surface area contributed by atoms with Gasteiger partial charge in [-0.2, -0.15) is 15.2 Å². The van der Waals surface area contributed by atoms with Gasteiger partial charge in [-0.05, 0) is 69.0 Å². The Morgan fingerprint density at radius 3 is 2.36 bits per heavy atom. The third-order valence-corrected chi connectivity index (χ3v) is 3.92. The second-order valence-electron chi connectivity index (χ2n) is 6.19. The predicted octanol–water partition coefficient (Wildman–Crippen LogP) is 3.77. The summed E-state index contributed by atoms with van der Waals surface area (Å²) in [6.45, 7) is 8.42. The van der Waals surface area contributed by atoms with Crippen LogP contribution >= 0.6 is 0 Å².